The Morgan fingerprint density at radius 2 is 1.71 bits per heavy atom. The fraction of sp³-hybridized carbons (Fsp3) is 0.538. The maximum absolute atomic E-state index is 12.1. The maximum atomic E-state index is 12.1. The molecule has 11 heteroatoms. The predicted octanol–water partition coefficient (Wildman–Crippen LogP) is -0.134. The Labute approximate surface area is 143 Å². The number of nitrogens with zero attached hydrogens (tertiary/aromatic N) is 2. The van der Waals surface area contributed by atoms with E-state index >= 15 is 0 Å². The third kappa shape index (κ3) is 5.23. The Balaban J connectivity index is 3.12. The smallest absolute Gasteiger partial charge is 0.278 e. The number of anilines is 1. The summed E-state index contributed by atoms with van der Waals surface area (Å²) in [6.45, 7) is -0.205. The molecule has 0 heterocycles. The quantitative estimate of drug-likeness (QED) is 0.639. The molecule has 138 valence electrons. The van der Waals surface area contributed by atoms with Crippen molar-refractivity contribution in [1.82, 2.24) is 9.03 Å². The molecule has 1 aromatic carbocycles. The zero-order valence-electron chi connectivity index (χ0n) is 14.3. The van der Waals surface area contributed by atoms with Crippen molar-refractivity contribution in [3.05, 3.63) is 18.2 Å². The summed E-state index contributed by atoms with van der Waals surface area (Å²) in [5, 5.41) is 0. The highest BCUT2D eigenvalue weighted by Crippen LogP contribution is 2.33. The molecule has 9 nitrogen and oxygen atoms in total. The minimum absolute atomic E-state index is 0.102. The molecule has 0 amide bonds. The first-order valence-electron chi connectivity index (χ1n) is 6.89. The zero-order chi connectivity index (χ0) is 18.5. The third-order valence-corrected chi connectivity index (χ3v) is 5.85. The van der Waals surface area contributed by atoms with Crippen molar-refractivity contribution < 1.29 is 26.3 Å². The van der Waals surface area contributed by atoms with E-state index in [0.29, 0.717) is 11.5 Å². The molecule has 0 aliphatic carbocycles. The highest BCUT2D eigenvalue weighted by molar-refractivity contribution is 7.92. The number of rotatable bonds is 9. The molecule has 0 spiro atoms. The number of hydrogen-bond acceptors (Lipinski definition) is 6. The van der Waals surface area contributed by atoms with Crippen LogP contribution in [0.1, 0.15) is 0 Å². The van der Waals surface area contributed by atoms with E-state index in [1.54, 1.807) is 12.1 Å². The number of sulfonamides is 1. The van der Waals surface area contributed by atoms with E-state index in [0.717, 1.165) is 14.9 Å². The van der Waals surface area contributed by atoms with Crippen molar-refractivity contribution in [3.8, 4) is 11.5 Å². The van der Waals surface area contributed by atoms with Gasteiger partial charge in [-0.15, -0.1) is 0 Å². The zero-order valence-corrected chi connectivity index (χ0v) is 15.9. The van der Waals surface area contributed by atoms with Gasteiger partial charge in [-0.25, -0.2) is 13.1 Å². The molecule has 0 radical (unpaired) electrons. The molecular formula is C13H23N3O6S2. The van der Waals surface area contributed by atoms with Crippen molar-refractivity contribution >= 4 is 25.9 Å². The molecule has 0 unspecified atom stereocenters. The molecule has 1 aromatic rings. The van der Waals surface area contributed by atoms with Crippen molar-refractivity contribution in [2.24, 2.45) is 0 Å². The summed E-state index contributed by atoms with van der Waals surface area (Å²) in [6.07, 6.45) is 1.03. The summed E-state index contributed by atoms with van der Waals surface area (Å²) in [6, 6.07) is 4.73. The lowest BCUT2D eigenvalue weighted by Gasteiger charge is -2.25. The summed E-state index contributed by atoms with van der Waals surface area (Å²) >= 11 is 0. The lowest BCUT2D eigenvalue weighted by molar-refractivity contribution is 0.403. The molecule has 0 fully saturated rings. The van der Waals surface area contributed by atoms with Gasteiger partial charge in [0.1, 0.15) is 11.5 Å². The first-order valence-corrected chi connectivity index (χ1v) is 10.2. The SMILES string of the molecule is COc1ccc(OC)c(N(CCNS(=O)(=O)N(C)C)S(C)(=O)=O)c1. The lowest BCUT2D eigenvalue weighted by atomic mass is 10.2. The normalized spacial score (nSPS) is 12.2. The van der Waals surface area contributed by atoms with Crippen LogP contribution in [0.3, 0.4) is 0 Å². The minimum Gasteiger partial charge on any atom is -0.497 e. The van der Waals surface area contributed by atoms with Crippen LogP contribution in [0.2, 0.25) is 0 Å². The third-order valence-electron chi connectivity index (χ3n) is 3.14. The van der Waals surface area contributed by atoms with Gasteiger partial charge in [0.25, 0.3) is 10.2 Å². The summed E-state index contributed by atoms with van der Waals surface area (Å²) in [5.41, 5.74) is 0.267. The van der Waals surface area contributed by atoms with E-state index in [4.69, 9.17) is 9.47 Å². The Kier molecular flexibility index (Phi) is 6.84. The van der Waals surface area contributed by atoms with Crippen molar-refractivity contribution in [3.63, 3.8) is 0 Å². The molecule has 0 bridgehead atoms. The molecule has 0 aliphatic rings. The minimum atomic E-state index is -3.66. The topological polar surface area (TPSA) is 105 Å². The predicted molar refractivity (Wildman–Crippen MR) is 92.3 cm³/mol. The van der Waals surface area contributed by atoms with Gasteiger partial charge in [-0.05, 0) is 12.1 Å². The fourth-order valence-corrected chi connectivity index (χ4v) is 3.39. The molecule has 24 heavy (non-hydrogen) atoms. The Bertz CT molecular complexity index is 762. The van der Waals surface area contributed by atoms with Crippen molar-refractivity contribution in [1.29, 1.82) is 0 Å². The van der Waals surface area contributed by atoms with Crippen LogP contribution >= 0.6 is 0 Å². The van der Waals surface area contributed by atoms with Gasteiger partial charge < -0.3 is 9.47 Å². The van der Waals surface area contributed by atoms with Gasteiger partial charge in [-0.3, -0.25) is 4.31 Å². The van der Waals surface area contributed by atoms with Crippen LogP contribution in [0.15, 0.2) is 18.2 Å². The second-order valence-corrected chi connectivity index (χ2v) is 8.93. The van der Waals surface area contributed by atoms with Crippen LogP contribution in [-0.2, 0) is 20.2 Å². The second kappa shape index (κ2) is 8.01. The van der Waals surface area contributed by atoms with Gasteiger partial charge in [0.2, 0.25) is 10.0 Å². The monoisotopic (exact) mass is 381 g/mol. The standard InChI is InChI=1S/C13H23N3O6S2/c1-15(2)24(19,20)14-8-9-16(23(5,17)18)12-10-11(21-3)6-7-13(12)22-4/h6-7,10,14H,8-9H2,1-5H3. The first kappa shape index (κ1) is 20.5. The summed E-state index contributed by atoms with van der Waals surface area (Å²) in [4.78, 5) is 0. The number of ether oxygens (including phenoxy) is 2. The van der Waals surface area contributed by atoms with Gasteiger partial charge in [0.05, 0.1) is 26.2 Å². The van der Waals surface area contributed by atoms with Crippen LogP contribution in [-0.4, -0.2) is 68.8 Å². The molecular weight excluding hydrogens is 358 g/mol. The van der Waals surface area contributed by atoms with Gasteiger partial charge >= 0.3 is 0 Å². The summed E-state index contributed by atoms with van der Waals surface area (Å²) in [5.74, 6) is 0.782. The van der Waals surface area contributed by atoms with E-state index in [2.05, 4.69) is 4.72 Å². The van der Waals surface area contributed by atoms with Crippen LogP contribution < -0.4 is 18.5 Å². The van der Waals surface area contributed by atoms with Gasteiger partial charge in [-0.1, -0.05) is 0 Å². The Morgan fingerprint density at radius 3 is 2.17 bits per heavy atom. The molecule has 0 saturated carbocycles. The number of benzene rings is 1. The average Bonchev–Trinajstić information content (AvgIpc) is 2.49. The second-order valence-electron chi connectivity index (χ2n) is 5.05. The molecule has 0 aromatic heterocycles. The van der Waals surface area contributed by atoms with E-state index < -0.39 is 20.2 Å². The van der Waals surface area contributed by atoms with Crippen LogP contribution in [0.5, 0.6) is 11.5 Å². The van der Waals surface area contributed by atoms with Crippen LogP contribution in [0.25, 0.3) is 0 Å². The first-order chi connectivity index (χ1) is 11.0. The molecule has 0 aliphatic heterocycles. The average molecular weight is 381 g/mol. The largest absolute Gasteiger partial charge is 0.497 e. The van der Waals surface area contributed by atoms with Crippen LogP contribution in [0, 0.1) is 0 Å². The Morgan fingerprint density at radius 1 is 1.08 bits per heavy atom. The number of hydrogen-bond donors (Lipinski definition) is 1. The molecule has 0 atom stereocenters. The van der Waals surface area contributed by atoms with E-state index in [9.17, 15) is 16.8 Å². The lowest BCUT2D eigenvalue weighted by Crippen LogP contribution is -2.42. The number of nitrogens with one attached hydrogen (secondary N) is 1. The summed E-state index contributed by atoms with van der Waals surface area (Å²) in [7, 11) is -1.68. The molecule has 1 rings (SSSR count). The summed E-state index contributed by atoms with van der Waals surface area (Å²) < 4.78 is 62.4. The van der Waals surface area contributed by atoms with E-state index in [-0.39, 0.29) is 18.8 Å². The highest BCUT2D eigenvalue weighted by atomic mass is 32.2. The van der Waals surface area contributed by atoms with Gasteiger partial charge in [0, 0.05) is 33.3 Å². The van der Waals surface area contributed by atoms with Crippen molar-refractivity contribution in [2.75, 3.05) is 52.0 Å². The van der Waals surface area contributed by atoms with Gasteiger partial charge in [-0.2, -0.15) is 12.7 Å². The van der Waals surface area contributed by atoms with Crippen molar-refractivity contribution in [2.45, 2.75) is 0 Å². The molecule has 0 saturated heterocycles. The Hall–Kier alpha value is -1.56. The van der Waals surface area contributed by atoms with E-state index in [1.165, 1.54) is 34.4 Å². The number of methoxy groups -OCH3 is 2. The van der Waals surface area contributed by atoms with E-state index in [1.807, 2.05) is 0 Å². The fourth-order valence-electron chi connectivity index (χ4n) is 1.86. The molecule has 1 N–H and O–H groups in total. The van der Waals surface area contributed by atoms with Gasteiger partial charge in [0.15, 0.2) is 0 Å². The highest BCUT2D eigenvalue weighted by Gasteiger charge is 2.23. The maximum Gasteiger partial charge on any atom is 0.278 e. The van der Waals surface area contributed by atoms with Crippen LogP contribution in [0.4, 0.5) is 5.69 Å².